The van der Waals surface area contributed by atoms with Crippen LogP contribution in [0.25, 0.3) is 11.4 Å². The number of allylic oxidation sites excluding steroid dienone is 1. The van der Waals surface area contributed by atoms with Crippen molar-refractivity contribution in [2.24, 2.45) is 0 Å². The smallest absolute Gasteiger partial charge is 0.262 e. The number of furan rings is 1. The zero-order valence-electron chi connectivity index (χ0n) is 16.5. The van der Waals surface area contributed by atoms with Crippen LogP contribution < -0.4 is 10.1 Å². The number of ketones is 1. The van der Waals surface area contributed by atoms with Crippen LogP contribution in [0.5, 0.6) is 5.75 Å². The van der Waals surface area contributed by atoms with Crippen molar-refractivity contribution in [3.05, 3.63) is 54.5 Å². The van der Waals surface area contributed by atoms with E-state index in [4.69, 9.17) is 9.15 Å². The molecule has 8 nitrogen and oxygen atoms in total. The number of hydrogen-bond acceptors (Lipinski definition) is 7. The van der Waals surface area contributed by atoms with Gasteiger partial charge in [0.2, 0.25) is 0 Å². The van der Waals surface area contributed by atoms with Gasteiger partial charge >= 0.3 is 0 Å². The molecule has 3 heterocycles. The topological polar surface area (TPSA) is 99.2 Å². The quantitative estimate of drug-likeness (QED) is 0.350. The van der Waals surface area contributed by atoms with E-state index >= 15 is 0 Å². The number of thioether (sulfide) groups is 1. The monoisotopic (exact) mass is 424 g/mol. The SMILES string of the molecule is C=CCn1c(SC(C)C(=O)c2ccc3c(c2)NC(=O)CO3)nnc1-c1ccoc1C. The third-order valence-corrected chi connectivity index (χ3v) is 5.76. The van der Waals surface area contributed by atoms with Crippen LogP contribution in [-0.2, 0) is 11.3 Å². The average Bonchev–Trinajstić information content (AvgIpc) is 3.33. The number of Topliss-reactive ketones (excluding diaryl/α,β-unsaturated/α-hetero) is 1. The Labute approximate surface area is 177 Å². The molecule has 1 atom stereocenters. The van der Waals surface area contributed by atoms with Gasteiger partial charge in [0.05, 0.1) is 22.8 Å². The van der Waals surface area contributed by atoms with Crippen LogP contribution in [0.15, 0.2) is 52.8 Å². The Morgan fingerprint density at radius 2 is 2.23 bits per heavy atom. The van der Waals surface area contributed by atoms with Gasteiger partial charge in [0.15, 0.2) is 23.4 Å². The molecule has 0 aliphatic carbocycles. The van der Waals surface area contributed by atoms with Crippen molar-refractivity contribution in [2.75, 3.05) is 11.9 Å². The molecule has 3 aromatic rings. The molecule has 1 aliphatic rings. The van der Waals surface area contributed by atoms with E-state index in [9.17, 15) is 9.59 Å². The number of fused-ring (bicyclic) bond motifs is 1. The molecular formula is C21H20N4O4S. The first-order valence-electron chi connectivity index (χ1n) is 9.34. The lowest BCUT2D eigenvalue weighted by molar-refractivity contribution is -0.118. The summed E-state index contributed by atoms with van der Waals surface area (Å²) in [4.78, 5) is 24.6. The molecule has 9 heteroatoms. The van der Waals surface area contributed by atoms with Crippen molar-refractivity contribution >= 4 is 29.1 Å². The molecule has 1 N–H and O–H groups in total. The standard InChI is InChI=1S/C21H20N4O4S/c1-4-8-25-20(15-7-9-28-12(15)2)23-24-21(25)30-13(3)19(27)14-5-6-17-16(10-14)22-18(26)11-29-17/h4-7,9-10,13H,1,8,11H2,2-3H3,(H,22,26). The summed E-state index contributed by atoms with van der Waals surface area (Å²) in [5.74, 6) is 1.63. The van der Waals surface area contributed by atoms with Crippen molar-refractivity contribution in [2.45, 2.75) is 30.8 Å². The predicted molar refractivity (Wildman–Crippen MR) is 113 cm³/mol. The van der Waals surface area contributed by atoms with Gasteiger partial charge in [0.1, 0.15) is 11.5 Å². The van der Waals surface area contributed by atoms with E-state index in [1.54, 1.807) is 30.5 Å². The molecule has 2 aromatic heterocycles. The van der Waals surface area contributed by atoms with Gasteiger partial charge in [-0.15, -0.1) is 16.8 Å². The van der Waals surface area contributed by atoms with E-state index < -0.39 is 5.25 Å². The molecule has 0 radical (unpaired) electrons. The second-order valence-corrected chi connectivity index (χ2v) is 8.08. The summed E-state index contributed by atoms with van der Waals surface area (Å²) in [6.07, 6.45) is 3.36. The Kier molecular flexibility index (Phi) is 5.45. The van der Waals surface area contributed by atoms with E-state index in [-0.39, 0.29) is 18.3 Å². The van der Waals surface area contributed by atoms with E-state index in [1.807, 2.05) is 24.5 Å². The highest BCUT2D eigenvalue weighted by Gasteiger charge is 2.24. The number of nitrogens with zero attached hydrogens (tertiary/aromatic N) is 3. The summed E-state index contributed by atoms with van der Waals surface area (Å²) >= 11 is 1.32. The van der Waals surface area contributed by atoms with Crippen LogP contribution in [0.4, 0.5) is 5.69 Å². The van der Waals surface area contributed by atoms with E-state index in [2.05, 4.69) is 22.1 Å². The van der Waals surface area contributed by atoms with Gasteiger partial charge in [0.25, 0.3) is 5.91 Å². The first kappa shape index (κ1) is 20.0. The largest absolute Gasteiger partial charge is 0.482 e. The summed E-state index contributed by atoms with van der Waals surface area (Å²) in [6, 6.07) is 6.87. The number of carbonyl (C=O) groups excluding carboxylic acids is 2. The molecule has 30 heavy (non-hydrogen) atoms. The van der Waals surface area contributed by atoms with E-state index in [1.165, 1.54) is 11.8 Å². The Balaban J connectivity index is 1.57. The Morgan fingerprint density at radius 1 is 1.40 bits per heavy atom. The minimum absolute atomic E-state index is 0.0238. The fraction of sp³-hybridized carbons (Fsp3) is 0.238. The molecule has 0 fully saturated rings. The van der Waals surface area contributed by atoms with Crippen molar-refractivity contribution in [1.29, 1.82) is 0 Å². The maximum Gasteiger partial charge on any atom is 0.262 e. The lowest BCUT2D eigenvalue weighted by Gasteiger charge is -2.19. The number of anilines is 1. The van der Waals surface area contributed by atoms with Gasteiger partial charge in [0, 0.05) is 12.1 Å². The molecule has 0 spiro atoms. The lowest BCUT2D eigenvalue weighted by Crippen LogP contribution is -2.25. The Bertz CT molecular complexity index is 1130. The number of amides is 1. The van der Waals surface area contributed by atoms with Gasteiger partial charge in [-0.1, -0.05) is 17.8 Å². The number of aryl methyl sites for hydroxylation is 1. The molecule has 1 amide bonds. The number of hydrogen-bond donors (Lipinski definition) is 1. The van der Waals surface area contributed by atoms with Crippen LogP contribution in [-0.4, -0.2) is 38.3 Å². The maximum absolute atomic E-state index is 13.0. The molecule has 0 bridgehead atoms. The fourth-order valence-corrected chi connectivity index (χ4v) is 4.10. The van der Waals surface area contributed by atoms with Gasteiger partial charge < -0.3 is 14.5 Å². The first-order valence-corrected chi connectivity index (χ1v) is 10.2. The number of nitrogens with one attached hydrogen (secondary N) is 1. The number of benzene rings is 1. The zero-order valence-corrected chi connectivity index (χ0v) is 17.4. The molecule has 0 saturated carbocycles. The van der Waals surface area contributed by atoms with Gasteiger partial charge in [-0.05, 0) is 38.1 Å². The summed E-state index contributed by atoms with van der Waals surface area (Å²) in [5.41, 5.74) is 1.84. The second-order valence-electron chi connectivity index (χ2n) is 6.77. The van der Waals surface area contributed by atoms with Crippen molar-refractivity contribution in [1.82, 2.24) is 14.8 Å². The van der Waals surface area contributed by atoms with Crippen LogP contribution in [0, 0.1) is 6.92 Å². The minimum Gasteiger partial charge on any atom is -0.482 e. The third-order valence-electron chi connectivity index (χ3n) is 4.68. The van der Waals surface area contributed by atoms with E-state index in [0.717, 1.165) is 11.3 Å². The molecule has 1 aliphatic heterocycles. The lowest BCUT2D eigenvalue weighted by atomic mass is 10.1. The minimum atomic E-state index is -0.422. The normalized spacial score (nSPS) is 13.9. The van der Waals surface area contributed by atoms with Crippen LogP contribution in [0.2, 0.25) is 0 Å². The molecule has 1 unspecified atom stereocenters. The number of carbonyl (C=O) groups is 2. The fourth-order valence-electron chi connectivity index (χ4n) is 3.17. The van der Waals surface area contributed by atoms with Gasteiger partial charge in [-0.25, -0.2) is 0 Å². The first-order chi connectivity index (χ1) is 14.5. The molecular weight excluding hydrogens is 404 g/mol. The summed E-state index contributed by atoms with van der Waals surface area (Å²) in [7, 11) is 0. The van der Waals surface area contributed by atoms with E-state index in [0.29, 0.717) is 34.5 Å². The predicted octanol–water partition coefficient (Wildman–Crippen LogP) is 3.73. The summed E-state index contributed by atoms with van der Waals surface area (Å²) in [6.45, 7) is 7.96. The number of aromatic nitrogens is 3. The van der Waals surface area contributed by atoms with Crippen molar-refractivity contribution in [3.63, 3.8) is 0 Å². The average molecular weight is 424 g/mol. The van der Waals surface area contributed by atoms with Gasteiger partial charge in [-0.3, -0.25) is 14.2 Å². The second kappa shape index (κ2) is 8.19. The molecule has 0 saturated heterocycles. The molecule has 4 rings (SSSR count). The Hall–Kier alpha value is -3.33. The van der Waals surface area contributed by atoms with Crippen LogP contribution in [0.3, 0.4) is 0 Å². The van der Waals surface area contributed by atoms with Crippen LogP contribution in [0.1, 0.15) is 23.0 Å². The Morgan fingerprint density at radius 3 is 2.97 bits per heavy atom. The molecule has 1 aromatic carbocycles. The van der Waals surface area contributed by atoms with Crippen molar-refractivity contribution in [3.8, 4) is 17.1 Å². The summed E-state index contributed by atoms with van der Waals surface area (Å²) in [5, 5.41) is 11.5. The highest BCUT2D eigenvalue weighted by Crippen LogP contribution is 2.32. The van der Waals surface area contributed by atoms with Crippen LogP contribution >= 0.6 is 11.8 Å². The third kappa shape index (κ3) is 3.76. The number of ether oxygens (including phenoxy) is 1. The summed E-state index contributed by atoms with van der Waals surface area (Å²) < 4.78 is 12.6. The highest BCUT2D eigenvalue weighted by molar-refractivity contribution is 8.00. The van der Waals surface area contributed by atoms with Gasteiger partial charge in [-0.2, -0.15) is 0 Å². The highest BCUT2D eigenvalue weighted by atomic mass is 32.2. The maximum atomic E-state index is 13.0. The number of rotatable bonds is 7. The van der Waals surface area contributed by atoms with Crippen molar-refractivity contribution < 1.29 is 18.7 Å². The molecule has 154 valence electrons. The zero-order chi connectivity index (χ0) is 21.3.